The highest BCUT2D eigenvalue weighted by atomic mass is 14.7. The van der Waals surface area contributed by atoms with E-state index in [0.717, 1.165) is 28.8 Å². The summed E-state index contributed by atoms with van der Waals surface area (Å²) < 4.78 is 0. The van der Waals surface area contributed by atoms with Crippen LogP contribution in [0, 0.1) is 6.92 Å². The van der Waals surface area contributed by atoms with E-state index in [-0.39, 0.29) is 0 Å². The van der Waals surface area contributed by atoms with Gasteiger partial charge in [0.2, 0.25) is 0 Å². The molecule has 23 heavy (non-hydrogen) atoms. The van der Waals surface area contributed by atoms with Crippen molar-refractivity contribution in [2.45, 2.75) is 25.6 Å². The van der Waals surface area contributed by atoms with Crippen LogP contribution in [0.15, 0.2) is 72.9 Å². The summed E-state index contributed by atoms with van der Waals surface area (Å²) in [4.78, 5) is 4.57. The summed E-state index contributed by atoms with van der Waals surface area (Å²) in [6.45, 7) is 4.17. The van der Waals surface area contributed by atoms with Gasteiger partial charge in [-0.05, 0) is 41.4 Å². The van der Waals surface area contributed by atoms with Gasteiger partial charge < -0.3 is 0 Å². The maximum atomic E-state index is 6.69. The van der Waals surface area contributed by atoms with Gasteiger partial charge in [-0.3, -0.25) is 4.98 Å². The van der Waals surface area contributed by atoms with Crippen molar-refractivity contribution in [3.05, 3.63) is 89.6 Å². The monoisotopic (exact) mass is 297 g/mol. The summed E-state index contributed by atoms with van der Waals surface area (Å²) in [7, 11) is 6.69. The summed E-state index contributed by atoms with van der Waals surface area (Å²) in [6.07, 6.45) is 2.72. The molecule has 112 valence electrons. The Morgan fingerprint density at radius 1 is 0.957 bits per heavy atom. The van der Waals surface area contributed by atoms with Crippen LogP contribution in [0.4, 0.5) is 0 Å². The van der Waals surface area contributed by atoms with Gasteiger partial charge in [-0.1, -0.05) is 67.6 Å². The number of benzene rings is 2. The highest BCUT2D eigenvalue weighted by Crippen LogP contribution is 2.30. The molecule has 2 heteroatoms. The Morgan fingerprint density at radius 2 is 1.57 bits per heavy atom. The van der Waals surface area contributed by atoms with Gasteiger partial charge >= 0.3 is 0 Å². The second kappa shape index (κ2) is 6.41. The van der Waals surface area contributed by atoms with Gasteiger partial charge in [-0.15, -0.1) is 0 Å². The Labute approximate surface area is 139 Å². The van der Waals surface area contributed by atoms with Crippen molar-refractivity contribution in [3.63, 3.8) is 0 Å². The molecule has 0 fully saturated rings. The van der Waals surface area contributed by atoms with Gasteiger partial charge in [0.05, 0.1) is 13.5 Å². The van der Waals surface area contributed by atoms with E-state index >= 15 is 0 Å². The van der Waals surface area contributed by atoms with Gasteiger partial charge in [0.25, 0.3) is 0 Å². The number of hydrogen-bond acceptors (Lipinski definition) is 1. The largest absolute Gasteiger partial charge is 0.256 e. The van der Waals surface area contributed by atoms with E-state index in [2.05, 4.69) is 61.3 Å². The molecule has 1 atom stereocenters. The fraction of sp³-hybridized carbons (Fsp3) is 0.190. The van der Waals surface area contributed by atoms with Crippen LogP contribution in [0.25, 0.3) is 11.3 Å². The Hall–Kier alpha value is -2.35. The van der Waals surface area contributed by atoms with Crippen molar-refractivity contribution in [1.82, 2.24) is 4.98 Å². The Balaban J connectivity index is 1.98. The zero-order chi connectivity index (χ0) is 16.3. The first-order valence-corrected chi connectivity index (χ1v) is 7.91. The van der Waals surface area contributed by atoms with E-state index < -0.39 is 5.31 Å². The van der Waals surface area contributed by atoms with Crippen LogP contribution in [0.2, 0.25) is 0 Å². The fourth-order valence-corrected chi connectivity index (χ4v) is 3.02. The molecule has 0 amide bonds. The first-order valence-electron chi connectivity index (χ1n) is 7.91. The van der Waals surface area contributed by atoms with Crippen molar-refractivity contribution < 1.29 is 0 Å². The SMILES string of the molecule is [B]C(C)(Cc1ccccc1)c1cc(-c2ccccc2)ncc1C. The average molecular weight is 297 g/mol. The number of aryl methyl sites for hydroxylation is 1. The van der Waals surface area contributed by atoms with Crippen molar-refractivity contribution in [2.24, 2.45) is 0 Å². The number of pyridine rings is 1. The van der Waals surface area contributed by atoms with Crippen molar-refractivity contribution >= 4 is 7.85 Å². The summed E-state index contributed by atoms with van der Waals surface area (Å²) in [6, 6.07) is 22.8. The standard InChI is InChI=1S/C21H20BN/c1-16-15-23-20(18-11-7-4-8-12-18)13-19(16)21(2,22)14-17-9-5-3-6-10-17/h3-13,15H,14H2,1-2H3. The number of rotatable bonds is 4. The second-order valence-corrected chi connectivity index (χ2v) is 6.33. The Kier molecular flexibility index (Phi) is 4.34. The molecule has 3 aromatic rings. The van der Waals surface area contributed by atoms with Crippen LogP contribution in [0.3, 0.4) is 0 Å². The van der Waals surface area contributed by atoms with E-state index in [1.807, 2.05) is 30.5 Å². The van der Waals surface area contributed by atoms with Crippen LogP contribution in [0.1, 0.15) is 23.6 Å². The van der Waals surface area contributed by atoms with Gasteiger partial charge in [0.15, 0.2) is 0 Å². The van der Waals surface area contributed by atoms with E-state index in [9.17, 15) is 0 Å². The molecule has 0 aliphatic heterocycles. The third-order valence-electron chi connectivity index (χ3n) is 4.20. The molecule has 0 saturated heterocycles. The van der Waals surface area contributed by atoms with Crippen molar-refractivity contribution in [1.29, 1.82) is 0 Å². The minimum atomic E-state index is -0.433. The molecule has 2 aromatic carbocycles. The summed E-state index contributed by atoms with van der Waals surface area (Å²) in [5.41, 5.74) is 5.61. The molecule has 1 nitrogen and oxygen atoms in total. The van der Waals surface area contributed by atoms with Crippen LogP contribution in [-0.2, 0) is 11.7 Å². The molecule has 2 radical (unpaired) electrons. The molecule has 0 aliphatic carbocycles. The Bertz CT molecular complexity index is 779. The predicted octanol–water partition coefficient (Wildman–Crippen LogP) is 4.68. The third kappa shape index (κ3) is 3.53. The third-order valence-corrected chi connectivity index (χ3v) is 4.20. The van der Waals surface area contributed by atoms with Crippen LogP contribution < -0.4 is 0 Å². The lowest BCUT2D eigenvalue weighted by atomic mass is 9.61. The topological polar surface area (TPSA) is 12.9 Å². The van der Waals surface area contributed by atoms with Gasteiger partial charge in [0, 0.05) is 11.8 Å². The van der Waals surface area contributed by atoms with Gasteiger partial charge in [0.1, 0.15) is 0 Å². The first kappa shape index (κ1) is 15.5. The quantitative estimate of drug-likeness (QED) is 0.637. The molecule has 0 aliphatic rings. The molecule has 0 bridgehead atoms. The second-order valence-electron chi connectivity index (χ2n) is 6.33. The summed E-state index contributed by atoms with van der Waals surface area (Å²) in [5.74, 6) is 0. The molecule has 1 unspecified atom stereocenters. The lowest BCUT2D eigenvalue weighted by Crippen LogP contribution is -2.26. The number of hydrogen-bond donors (Lipinski definition) is 0. The molecule has 0 N–H and O–H groups in total. The highest BCUT2D eigenvalue weighted by molar-refractivity contribution is 6.16. The van der Waals surface area contributed by atoms with Gasteiger partial charge in [-0.2, -0.15) is 0 Å². The zero-order valence-corrected chi connectivity index (χ0v) is 13.7. The van der Waals surface area contributed by atoms with Crippen molar-refractivity contribution in [3.8, 4) is 11.3 Å². The summed E-state index contributed by atoms with van der Waals surface area (Å²) in [5, 5.41) is -0.433. The predicted molar refractivity (Wildman–Crippen MR) is 97.7 cm³/mol. The minimum Gasteiger partial charge on any atom is -0.256 e. The Morgan fingerprint density at radius 3 is 2.22 bits per heavy atom. The molecular formula is C21H20BN. The average Bonchev–Trinajstić information content (AvgIpc) is 2.56. The van der Waals surface area contributed by atoms with E-state index in [1.54, 1.807) is 0 Å². The maximum Gasteiger partial charge on any atom is 0.0811 e. The normalized spacial score (nSPS) is 13.5. The smallest absolute Gasteiger partial charge is 0.0811 e. The van der Waals surface area contributed by atoms with Gasteiger partial charge in [-0.25, -0.2) is 0 Å². The lowest BCUT2D eigenvalue weighted by molar-refractivity contribution is 0.665. The number of aromatic nitrogens is 1. The molecule has 0 saturated carbocycles. The lowest BCUT2D eigenvalue weighted by Gasteiger charge is -2.28. The summed E-state index contributed by atoms with van der Waals surface area (Å²) >= 11 is 0. The molecule has 1 heterocycles. The maximum absolute atomic E-state index is 6.69. The van der Waals surface area contributed by atoms with Crippen molar-refractivity contribution in [2.75, 3.05) is 0 Å². The molecule has 0 spiro atoms. The van der Waals surface area contributed by atoms with E-state index in [0.29, 0.717) is 0 Å². The van der Waals surface area contributed by atoms with E-state index in [1.165, 1.54) is 5.56 Å². The highest BCUT2D eigenvalue weighted by Gasteiger charge is 2.23. The fourth-order valence-electron chi connectivity index (χ4n) is 3.02. The van der Waals surface area contributed by atoms with Crippen LogP contribution in [0.5, 0.6) is 0 Å². The molecular weight excluding hydrogens is 277 g/mol. The minimum absolute atomic E-state index is 0.433. The van der Waals surface area contributed by atoms with E-state index in [4.69, 9.17) is 7.85 Å². The zero-order valence-electron chi connectivity index (χ0n) is 13.7. The first-order chi connectivity index (χ1) is 11.1. The molecule has 1 aromatic heterocycles. The number of nitrogens with zero attached hydrogens (tertiary/aromatic N) is 1. The molecule has 3 rings (SSSR count). The van der Waals surface area contributed by atoms with Crippen LogP contribution >= 0.6 is 0 Å². The van der Waals surface area contributed by atoms with Crippen LogP contribution in [-0.4, -0.2) is 12.8 Å².